The molecule has 20 heavy (non-hydrogen) atoms. The molecule has 0 aliphatic rings. The lowest BCUT2D eigenvalue weighted by molar-refractivity contribution is -0.124. The van der Waals surface area contributed by atoms with Crippen LogP contribution >= 0.6 is 0 Å². The maximum Gasteiger partial charge on any atom is 0.258 e. The monoisotopic (exact) mass is 281 g/mol. The minimum atomic E-state index is -0.638. The fourth-order valence-electron chi connectivity index (χ4n) is 1.86. The van der Waals surface area contributed by atoms with E-state index in [2.05, 4.69) is 5.32 Å². The number of aliphatic hydroxyl groups is 1. The third kappa shape index (κ3) is 5.19. The molecule has 0 aliphatic carbocycles. The summed E-state index contributed by atoms with van der Waals surface area (Å²) in [7, 11) is 1.58. The molecule has 0 bridgehead atoms. The van der Waals surface area contributed by atoms with Crippen LogP contribution in [0.5, 0.6) is 5.75 Å². The van der Waals surface area contributed by atoms with E-state index >= 15 is 0 Å². The Balaban J connectivity index is 2.61. The summed E-state index contributed by atoms with van der Waals surface area (Å²) in [5, 5.41) is 12.4. The van der Waals surface area contributed by atoms with Gasteiger partial charge >= 0.3 is 0 Å². The van der Waals surface area contributed by atoms with Gasteiger partial charge in [-0.25, -0.2) is 0 Å². The molecule has 2 N–H and O–H groups in total. The largest absolute Gasteiger partial charge is 0.483 e. The number of hydrogen-bond acceptors (Lipinski definition) is 4. The van der Waals surface area contributed by atoms with Crippen molar-refractivity contribution in [3.05, 3.63) is 29.3 Å². The Morgan fingerprint density at radius 2 is 2.10 bits per heavy atom. The van der Waals surface area contributed by atoms with E-state index in [0.29, 0.717) is 17.9 Å². The second-order valence-electron chi connectivity index (χ2n) is 4.93. The van der Waals surface area contributed by atoms with Gasteiger partial charge in [-0.3, -0.25) is 4.79 Å². The van der Waals surface area contributed by atoms with Crippen LogP contribution in [0.4, 0.5) is 0 Å². The van der Waals surface area contributed by atoms with Gasteiger partial charge < -0.3 is 19.9 Å². The second-order valence-corrected chi connectivity index (χ2v) is 4.93. The van der Waals surface area contributed by atoms with E-state index in [1.54, 1.807) is 20.1 Å². The lowest BCUT2D eigenvalue weighted by Crippen LogP contribution is -2.38. The third-order valence-corrected chi connectivity index (χ3v) is 2.80. The maximum absolute atomic E-state index is 11.7. The molecule has 2 unspecified atom stereocenters. The van der Waals surface area contributed by atoms with Crippen LogP contribution in [-0.2, 0) is 9.53 Å². The van der Waals surface area contributed by atoms with E-state index in [1.807, 2.05) is 26.0 Å². The number of benzene rings is 1. The normalized spacial score (nSPS) is 13.7. The van der Waals surface area contributed by atoms with E-state index < -0.39 is 6.10 Å². The Morgan fingerprint density at radius 3 is 2.70 bits per heavy atom. The van der Waals surface area contributed by atoms with Crippen LogP contribution in [0.25, 0.3) is 0 Å². The van der Waals surface area contributed by atoms with Crippen molar-refractivity contribution in [2.75, 3.05) is 20.3 Å². The highest BCUT2D eigenvalue weighted by molar-refractivity contribution is 5.77. The summed E-state index contributed by atoms with van der Waals surface area (Å²) in [4.78, 5) is 11.7. The lowest BCUT2D eigenvalue weighted by Gasteiger charge is -2.16. The van der Waals surface area contributed by atoms with Crippen molar-refractivity contribution in [3.63, 3.8) is 0 Å². The quantitative estimate of drug-likeness (QED) is 0.796. The van der Waals surface area contributed by atoms with Crippen molar-refractivity contribution in [2.24, 2.45) is 0 Å². The zero-order valence-electron chi connectivity index (χ0n) is 12.5. The average Bonchev–Trinajstić information content (AvgIpc) is 2.36. The molecule has 5 heteroatoms. The van der Waals surface area contributed by atoms with E-state index in [9.17, 15) is 9.90 Å². The number of rotatable bonds is 7. The standard InChI is InChI=1S/C15H23NO4/c1-10-5-6-13(12(3)17)14(7-10)20-9-15(18)16-11(2)8-19-4/h5-7,11-12,17H,8-9H2,1-4H3,(H,16,18). The number of carbonyl (C=O) groups excluding carboxylic acids is 1. The van der Waals surface area contributed by atoms with Gasteiger partial charge in [-0.05, 0) is 32.4 Å². The number of methoxy groups -OCH3 is 1. The molecule has 0 aliphatic heterocycles. The average molecular weight is 281 g/mol. The zero-order valence-corrected chi connectivity index (χ0v) is 12.5. The number of aryl methyl sites for hydroxylation is 1. The van der Waals surface area contributed by atoms with Crippen molar-refractivity contribution >= 4 is 5.91 Å². The fraction of sp³-hybridized carbons (Fsp3) is 0.533. The van der Waals surface area contributed by atoms with Crippen molar-refractivity contribution in [2.45, 2.75) is 32.9 Å². The highest BCUT2D eigenvalue weighted by Gasteiger charge is 2.12. The smallest absolute Gasteiger partial charge is 0.258 e. The molecule has 0 aromatic heterocycles. The molecule has 0 saturated carbocycles. The first-order chi connectivity index (χ1) is 9.43. The van der Waals surface area contributed by atoms with Gasteiger partial charge in [0.05, 0.1) is 12.7 Å². The first-order valence-corrected chi connectivity index (χ1v) is 6.63. The van der Waals surface area contributed by atoms with E-state index in [1.165, 1.54) is 0 Å². The first kappa shape index (κ1) is 16.5. The molecular weight excluding hydrogens is 258 g/mol. The summed E-state index contributed by atoms with van der Waals surface area (Å²) < 4.78 is 10.5. The molecule has 1 aromatic rings. The molecule has 2 atom stereocenters. The predicted molar refractivity (Wildman–Crippen MR) is 76.8 cm³/mol. The topological polar surface area (TPSA) is 67.8 Å². The van der Waals surface area contributed by atoms with Crippen LogP contribution in [0.1, 0.15) is 31.1 Å². The van der Waals surface area contributed by atoms with Crippen molar-refractivity contribution in [1.29, 1.82) is 0 Å². The molecular formula is C15H23NO4. The number of amides is 1. The van der Waals surface area contributed by atoms with Crippen LogP contribution in [0.3, 0.4) is 0 Å². The molecule has 0 heterocycles. The van der Waals surface area contributed by atoms with Gasteiger partial charge in [0.1, 0.15) is 5.75 Å². The van der Waals surface area contributed by atoms with Gasteiger partial charge in [-0.1, -0.05) is 12.1 Å². The number of aliphatic hydroxyl groups excluding tert-OH is 1. The summed E-state index contributed by atoms with van der Waals surface area (Å²) in [5.74, 6) is 0.321. The van der Waals surface area contributed by atoms with Crippen LogP contribution in [0.2, 0.25) is 0 Å². The number of hydrogen-bond donors (Lipinski definition) is 2. The van der Waals surface area contributed by atoms with Crippen molar-refractivity contribution in [3.8, 4) is 5.75 Å². The predicted octanol–water partition coefficient (Wildman–Crippen LogP) is 1.58. The molecule has 5 nitrogen and oxygen atoms in total. The summed E-state index contributed by atoms with van der Waals surface area (Å²) in [6, 6.07) is 5.45. The number of nitrogens with one attached hydrogen (secondary N) is 1. The molecule has 0 fully saturated rings. The minimum Gasteiger partial charge on any atom is -0.483 e. The second kappa shape index (κ2) is 7.87. The van der Waals surface area contributed by atoms with Crippen molar-refractivity contribution in [1.82, 2.24) is 5.32 Å². The lowest BCUT2D eigenvalue weighted by atomic mass is 10.1. The van der Waals surface area contributed by atoms with E-state index in [4.69, 9.17) is 9.47 Å². The highest BCUT2D eigenvalue weighted by Crippen LogP contribution is 2.26. The third-order valence-electron chi connectivity index (χ3n) is 2.80. The Kier molecular flexibility index (Phi) is 6.48. The van der Waals surface area contributed by atoms with Gasteiger partial charge in [0.15, 0.2) is 6.61 Å². The minimum absolute atomic E-state index is 0.0650. The summed E-state index contributed by atoms with van der Waals surface area (Å²) in [6.07, 6.45) is -0.638. The van der Waals surface area contributed by atoms with E-state index in [0.717, 1.165) is 5.56 Å². The summed E-state index contributed by atoms with van der Waals surface area (Å²) in [6.45, 7) is 5.82. The Hall–Kier alpha value is -1.59. The molecule has 1 amide bonds. The van der Waals surface area contributed by atoms with Crippen LogP contribution < -0.4 is 10.1 Å². The van der Waals surface area contributed by atoms with Crippen molar-refractivity contribution < 1.29 is 19.4 Å². The van der Waals surface area contributed by atoms with Gasteiger partial charge in [0.25, 0.3) is 5.91 Å². The molecule has 112 valence electrons. The fourth-order valence-corrected chi connectivity index (χ4v) is 1.86. The molecule has 1 rings (SSSR count). The van der Waals surface area contributed by atoms with Gasteiger partial charge in [-0.2, -0.15) is 0 Å². The van der Waals surface area contributed by atoms with Gasteiger partial charge in [0, 0.05) is 18.7 Å². The number of ether oxygens (including phenoxy) is 2. The maximum atomic E-state index is 11.7. The summed E-state index contributed by atoms with van der Waals surface area (Å²) >= 11 is 0. The molecule has 0 saturated heterocycles. The zero-order chi connectivity index (χ0) is 15.1. The number of carbonyl (C=O) groups is 1. The van der Waals surface area contributed by atoms with Crippen LogP contribution in [-0.4, -0.2) is 37.4 Å². The van der Waals surface area contributed by atoms with Gasteiger partial charge in [-0.15, -0.1) is 0 Å². The molecule has 0 radical (unpaired) electrons. The van der Waals surface area contributed by atoms with Crippen LogP contribution in [0, 0.1) is 6.92 Å². The van der Waals surface area contributed by atoms with E-state index in [-0.39, 0.29) is 18.6 Å². The molecule has 0 spiro atoms. The van der Waals surface area contributed by atoms with Gasteiger partial charge in [0.2, 0.25) is 0 Å². The Labute approximate surface area is 119 Å². The Bertz CT molecular complexity index is 445. The molecule has 1 aromatic carbocycles. The van der Waals surface area contributed by atoms with Crippen LogP contribution in [0.15, 0.2) is 18.2 Å². The highest BCUT2D eigenvalue weighted by atomic mass is 16.5. The Morgan fingerprint density at radius 1 is 1.40 bits per heavy atom. The SMILES string of the molecule is COCC(C)NC(=O)COc1cc(C)ccc1C(C)O. The first-order valence-electron chi connectivity index (χ1n) is 6.63. The summed E-state index contributed by atoms with van der Waals surface area (Å²) in [5.41, 5.74) is 1.69.